The normalized spacial score (nSPS) is 12.2. The van der Waals surface area contributed by atoms with Crippen LogP contribution < -0.4 is 5.73 Å². The third-order valence-corrected chi connectivity index (χ3v) is 2.89. The molecule has 1 unspecified atom stereocenters. The van der Waals surface area contributed by atoms with Crippen LogP contribution in [0.5, 0.6) is 0 Å². The number of aryl methyl sites for hydroxylation is 1. The molecule has 94 valence electrons. The Bertz CT molecular complexity index is 376. The van der Waals surface area contributed by atoms with E-state index in [4.69, 9.17) is 5.73 Å². The summed E-state index contributed by atoms with van der Waals surface area (Å²) in [5, 5.41) is 0. The molecule has 0 spiro atoms. The van der Waals surface area contributed by atoms with Crippen molar-refractivity contribution < 1.29 is 4.79 Å². The van der Waals surface area contributed by atoms with E-state index in [0.29, 0.717) is 13.0 Å². The summed E-state index contributed by atoms with van der Waals surface area (Å²) in [5.41, 5.74) is 8.16. The second-order valence-corrected chi connectivity index (χ2v) is 4.61. The lowest BCUT2D eigenvalue weighted by atomic mass is 10.1. The molecule has 0 saturated carbocycles. The average Bonchev–Trinajstić information content (AvgIpc) is 2.28. The Balaban J connectivity index is 2.54. The molecule has 0 saturated heterocycles. The molecule has 1 rings (SSSR count). The average molecular weight is 234 g/mol. The summed E-state index contributed by atoms with van der Waals surface area (Å²) in [6.45, 7) is 4.70. The number of rotatable bonds is 5. The van der Waals surface area contributed by atoms with Gasteiger partial charge in [0.05, 0.1) is 0 Å². The van der Waals surface area contributed by atoms with Gasteiger partial charge in [-0.15, -0.1) is 0 Å². The van der Waals surface area contributed by atoms with Crippen LogP contribution in [-0.2, 0) is 11.3 Å². The number of carbonyl (C=O) groups is 1. The first-order valence-electron chi connectivity index (χ1n) is 6.08. The fraction of sp³-hybridized carbons (Fsp3) is 0.500. The van der Waals surface area contributed by atoms with E-state index >= 15 is 0 Å². The predicted molar refractivity (Wildman–Crippen MR) is 70.5 cm³/mol. The summed E-state index contributed by atoms with van der Waals surface area (Å²) in [7, 11) is 1.83. The maximum Gasteiger partial charge on any atom is 0.224 e. The number of nitrogens with two attached hydrogens (primary N) is 1. The number of benzene rings is 1. The SMILES string of the molecule is CCC(N)CC(=O)N(C)Cc1cccc(C)c1. The van der Waals surface area contributed by atoms with Crippen LogP contribution in [0.15, 0.2) is 24.3 Å². The first-order chi connectivity index (χ1) is 8.02. The molecule has 1 amide bonds. The highest BCUT2D eigenvalue weighted by Gasteiger charge is 2.12. The van der Waals surface area contributed by atoms with Crippen molar-refractivity contribution in [2.75, 3.05) is 7.05 Å². The number of carbonyl (C=O) groups excluding carboxylic acids is 1. The van der Waals surface area contributed by atoms with E-state index < -0.39 is 0 Å². The molecule has 0 heterocycles. The van der Waals surface area contributed by atoms with E-state index in [1.807, 2.05) is 26.1 Å². The van der Waals surface area contributed by atoms with Crippen LogP contribution in [-0.4, -0.2) is 23.9 Å². The number of hydrogen-bond donors (Lipinski definition) is 1. The molecule has 3 nitrogen and oxygen atoms in total. The fourth-order valence-corrected chi connectivity index (χ4v) is 1.70. The summed E-state index contributed by atoms with van der Waals surface area (Å²) in [4.78, 5) is 13.6. The van der Waals surface area contributed by atoms with Gasteiger partial charge in [0.2, 0.25) is 5.91 Å². The van der Waals surface area contributed by atoms with Gasteiger partial charge >= 0.3 is 0 Å². The molecule has 17 heavy (non-hydrogen) atoms. The zero-order chi connectivity index (χ0) is 12.8. The molecule has 0 fully saturated rings. The van der Waals surface area contributed by atoms with Gasteiger partial charge in [-0.25, -0.2) is 0 Å². The Morgan fingerprint density at radius 1 is 1.47 bits per heavy atom. The maximum atomic E-state index is 11.8. The first-order valence-corrected chi connectivity index (χ1v) is 6.08. The van der Waals surface area contributed by atoms with Crippen LogP contribution in [0.4, 0.5) is 0 Å². The highest BCUT2D eigenvalue weighted by molar-refractivity contribution is 5.76. The minimum atomic E-state index is -0.0255. The van der Waals surface area contributed by atoms with Crippen molar-refractivity contribution in [3.63, 3.8) is 0 Å². The van der Waals surface area contributed by atoms with Crippen molar-refractivity contribution in [1.29, 1.82) is 0 Å². The van der Waals surface area contributed by atoms with Gasteiger partial charge in [-0.1, -0.05) is 36.8 Å². The van der Waals surface area contributed by atoms with Gasteiger partial charge in [0, 0.05) is 26.1 Å². The lowest BCUT2D eigenvalue weighted by molar-refractivity contribution is -0.130. The van der Waals surface area contributed by atoms with Crippen molar-refractivity contribution in [2.24, 2.45) is 5.73 Å². The van der Waals surface area contributed by atoms with E-state index in [1.165, 1.54) is 5.56 Å². The molecular weight excluding hydrogens is 212 g/mol. The molecule has 1 aromatic carbocycles. The Labute approximate surface area is 104 Å². The van der Waals surface area contributed by atoms with E-state index in [9.17, 15) is 4.79 Å². The molecule has 0 bridgehead atoms. The molecule has 0 radical (unpaired) electrons. The Morgan fingerprint density at radius 2 is 2.18 bits per heavy atom. The molecule has 0 aromatic heterocycles. The van der Waals surface area contributed by atoms with Crippen LogP contribution in [0.1, 0.15) is 30.9 Å². The molecule has 3 heteroatoms. The molecule has 0 aliphatic rings. The lowest BCUT2D eigenvalue weighted by Gasteiger charge is -2.19. The molecule has 1 aromatic rings. The molecule has 0 aliphatic carbocycles. The van der Waals surface area contributed by atoms with E-state index in [0.717, 1.165) is 12.0 Å². The summed E-state index contributed by atoms with van der Waals surface area (Å²) in [6, 6.07) is 8.18. The van der Waals surface area contributed by atoms with Gasteiger partial charge < -0.3 is 10.6 Å². The molecule has 0 aliphatic heterocycles. The topological polar surface area (TPSA) is 46.3 Å². The monoisotopic (exact) mass is 234 g/mol. The second kappa shape index (κ2) is 6.40. The molecule has 1 atom stereocenters. The van der Waals surface area contributed by atoms with E-state index in [-0.39, 0.29) is 11.9 Å². The quantitative estimate of drug-likeness (QED) is 0.848. The smallest absolute Gasteiger partial charge is 0.224 e. The molecule has 2 N–H and O–H groups in total. The van der Waals surface area contributed by atoms with Gasteiger partial charge in [-0.3, -0.25) is 4.79 Å². The third-order valence-electron chi connectivity index (χ3n) is 2.89. The Kier molecular flexibility index (Phi) is 5.16. The van der Waals surface area contributed by atoms with Crippen molar-refractivity contribution in [3.05, 3.63) is 35.4 Å². The Hall–Kier alpha value is -1.35. The maximum absolute atomic E-state index is 11.8. The van der Waals surface area contributed by atoms with E-state index in [2.05, 4.69) is 19.1 Å². The van der Waals surface area contributed by atoms with Crippen LogP contribution in [0.2, 0.25) is 0 Å². The largest absolute Gasteiger partial charge is 0.341 e. The number of hydrogen-bond acceptors (Lipinski definition) is 2. The van der Waals surface area contributed by atoms with Crippen molar-refractivity contribution in [1.82, 2.24) is 4.90 Å². The summed E-state index contributed by atoms with van der Waals surface area (Å²) in [5.74, 6) is 0.112. The molecular formula is C14H22N2O. The summed E-state index contributed by atoms with van der Waals surface area (Å²) in [6.07, 6.45) is 1.27. The third kappa shape index (κ3) is 4.57. The number of nitrogens with zero attached hydrogens (tertiary/aromatic N) is 1. The summed E-state index contributed by atoms with van der Waals surface area (Å²) >= 11 is 0. The van der Waals surface area contributed by atoms with Crippen LogP contribution >= 0.6 is 0 Å². The highest BCUT2D eigenvalue weighted by Crippen LogP contribution is 2.08. The van der Waals surface area contributed by atoms with Gasteiger partial charge in [0.1, 0.15) is 0 Å². The van der Waals surface area contributed by atoms with Gasteiger partial charge in [-0.2, -0.15) is 0 Å². The minimum absolute atomic E-state index is 0.0255. The fourth-order valence-electron chi connectivity index (χ4n) is 1.70. The van der Waals surface area contributed by atoms with Crippen LogP contribution in [0, 0.1) is 6.92 Å². The Morgan fingerprint density at radius 3 is 2.76 bits per heavy atom. The van der Waals surface area contributed by atoms with Crippen molar-refractivity contribution >= 4 is 5.91 Å². The first kappa shape index (κ1) is 13.7. The zero-order valence-corrected chi connectivity index (χ0v) is 10.9. The van der Waals surface area contributed by atoms with E-state index in [1.54, 1.807) is 4.90 Å². The summed E-state index contributed by atoms with van der Waals surface area (Å²) < 4.78 is 0. The number of amides is 1. The standard InChI is InChI=1S/C14H22N2O/c1-4-13(15)9-14(17)16(3)10-12-7-5-6-11(2)8-12/h5-8,13H,4,9-10,15H2,1-3H3. The minimum Gasteiger partial charge on any atom is -0.341 e. The van der Waals surface area contributed by atoms with Gasteiger partial charge in [0.25, 0.3) is 0 Å². The van der Waals surface area contributed by atoms with Crippen molar-refractivity contribution in [2.45, 2.75) is 39.3 Å². The van der Waals surface area contributed by atoms with Crippen molar-refractivity contribution in [3.8, 4) is 0 Å². The van der Waals surface area contributed by atoms with Gasteiger partial charge in [-0.05, 0) is 18.9 Å². The van der Waals surface area contributed by atoms with Gasteiger partial charge in [0.15, 0.2) is 0 Å². The van der Waals surface area contributed by atoms with Crippen LogP contribution in [0.3, 0.4) is 0 Å². The van der Waals surface area contributed by atoms with Crippen LogP contribution in [0.25, 0.3) is 0 Å². The second-order valence-electron chi connectivity index (χ2n) is 4.61. The zero-order valence-electron chi connectivity index (χ0n) is 10.9. The lowest BCUT2D eigenvalue weighted by Crippen LogP contribution is -2.32. The predicted octanol–water partition coefficient (Wildman–Crippen LogP) is 2.08. The highest BCUT2D eigenvalue weighted by atomic mass is 16.2.